The van der Waals surface area contributed by atoms with Gasteiger partial charge in [0.2, 0.25) is 0 Å². The molecular weight excluding hydrogens is 286 g/mol. The molecule has 0 saturated carbocycles. The van der Waals surface area contributed by atoms with Crippen LogP contribution in [0.15, 0.2) is 54.6 Å². The van der Waals surface area contributed by atoms with Gasteiger partial charge in [0, 0.05) is 23.0 Å². The van der Waals surface area contributed by atoms with Gasteiger partial charge in [-0.25, -0.2) is 0 Å². The molecular formula is C16H14BrN. The molecule has 18 heavy (non-hydrogen) atoms. The van der Waals surface area contributed by atoms with Gasteiger partial charge in [-0.3, -0.25) is 0 Å². The van der Waals surface area contributed by atoms with Gasteiger partial charge in [0.1, 0.15) is 0 Å². The van der Waals surface area contributed by atoms with Gasteiger partial charge >= 0.3 is 0 Å². The van der Waals surface area contributed by atoms with Crippen LogP contribution in [0.5, 0.6) is 0 Å². The molecule has 0 amide bonds. The van der Waals surface area contributed by atoms with Crippen molar-refractivity contribution in [3.63, 3.8) is 0 Å². The number of rotatable bonds is 3. The number of hydrogen-bond donors (Lipinski definition) is 1. The fraction of sp³-hybridized carbons (Fsp3) is 0.125. The van der Waals surface area contributed by atoms with Crippen LogP contribution in [-0.2, 0) is 0 Å². The molecule has 0 aromatic heterocycles. The van der Waals surface area contributed by atoms with Gasteiger partial charge in [-0.1, -0.05) is 58.1 Å². The van der Waals surface area contributed by atoms with Crippen LogP contribution in [0.3, 0.4) is 0 Å². The molecule has 0 aliphatic heterocycles. The molecule has 1 N–H and O–H groups in total. The van der Waals surface area contributed by atoms with Crippen molar-refractivity contribution in [1.82, 2.24) is 0 Å². The summed E-state index contributed by atoms with van der Waals surface area (Å²) < 4.78 is 0. The standard InChI is InChI=1S/C16H14BrN/c17-13-7-6-9-14-8-4-5-12-16(14)18-15-10-2-1-3-11-15/h1-5,8,10-12,18H,7,13H2. The van der Waals surface area contributed by atoms with Gasteiger partial charge in [0.05, 0.1) is 5.69 Å². The lowest BCUT2D eigenvalue weighted by Crippen LogP contribution is -1.92. The van der Waals surface area contributed by atoms with Gasteiger partial charge in [0.15, 0.2) is 0 Å². The highest BCUT2D eigenvalue weighted by atomic mass is 79.9. The number of nitrogens with one attached hydrogen (secondary N) is 1. The van der Waals surface area contributed by atoms with Crippen LogP contribution >= 0.6 is 15.9 Å². The second-order valence-corrected chi connectivity index (χ2v) is 4.57. The minimum absolute atomic E-state index is 0.861. The van der Waals surface area contributed by atoms with Crippen LogP contribution in [-0.4, -0.2) is 5.33 Å². The number of alkyl halides is 1. The predicted molar refractivity (Wildman–Crippen MR) is 81.5 cm³/mol. The van der Waals surface area contributed by atoms with E-state index in [9.17, 15) is 0 Å². The summed E-state index contributed by atoms with van der Waals surface area (Å²) in [6.07, 6.45) is 0.861. The minimum Gasteiger partial charge on any atom is -0.355 e. The zero-order valence-electron chi connectivity index (χ0n) is 9.99. The molecule has 2 aromatic carbocycles. The molecule has 2 heteroatoms. The van der Waals surface area contributed by atoms with Crippen molar-refractivity contribution in [1.29, 1.82) is 0 Å². The highest BCUT2D eigenvalue weighted by Crippen LogP contribution is 2.19. The molecule has 0 bridgehead atoms. The van der Waals surface area contributed by atoms with Gasteiger partial charge in [-0.15, -0.1) is 0 Å². The maximum absolute atomic E-state index is 3.39. The quantitative estimate of drug-likeness (QED) is 0.647. The largest absolute Gasteiger partial charge is 0.355 e. The Morgan fingerprint density at radius 1 is 0.944 bits per heavy atom. The molecule has 0 aliphatic rings. The highest BCUT2D eigenvalue weighted by Gasteiger charge is 1.98. The average Bonchev–Trinajstić information content (AvgIpc) is 2.42. The summed E-state index contributed by atoms with van der Waals surface area (Å²) in [5.74, 6) is 6.33. The van der Waals surface area contributed by atoms with E-state index in [0.29, 0.717) is 0 Å². The lowest BCUT2D eigenvalue weighted by Gasteiger charge is -2.08. The fourth-order valence-corrected chi connectivity index (χ4v) is 1.78. The van der Waals surface area contributed by atoms with Gasteiger partial charge in [-0.05, 0) is 24.3 Å². The first-order valence-corrected chi connectivity index (χ1v) is 6.98. The SMILES string of the molecule is BrCCC#Cc1ccccc1Nc1ccccc1. The van der Waals surface area contributed by atoms with Gasteiger partial charge < -0.3 is 5.32 Å². The van der Waals surface area contributed by atoms with Crippen molar-refractivity contribution in [2.45, 2.75) is 6.42 Å². The smallest absolute Gasteiger partial charge is 0.0543 e. The van der Waals surface area contributed by atoms with Gasteiger partial charge in [0.25, 0.3) is 0 Å². The van der Waals surface area contributed by atoms with Crippen molar-refractivity contribution in [2.75, 3.05) is 10.6 Å². The van der Waals surface area contributed by atoms with E-state index in [-0.39, 0.29) is 0 Å². The molecule has 0 radical (unpaired) electrons. The zero-order valence-corrected chi connectivity index (χ0v) is 11.6. The first kappa shape index (κ1) is 12.7. The van der Waals surface area contributed by atoms with Crippen molar-refractivity contribution in [2.24, 2.45) is 0 Å². The molecule has 0 unspecified atom stereocenters. The first-order chi connectivity index (χ1) is 8.90. The second kappa shape index (κ2) is 6.88. The van der Waals surface area contributed by atoms with E-state index >= 15 is 0 Å². The summed E-state index contributed by atoms with van der Waals surface area (Å²) in [5.41, 5.74) is 3.15. The summed E-state index contributed by atoms with van der Waals surface area (Å²) in [6.45, 7) is 0. The summed E-state index contributed by atoms with van der Waals surface area (Å²) >= 11 is 3.38. The van der Waals surface area contributed by atoms with Crippen LogP contribution in [0.4, 0.5) is 11.4 Å². The first-order valence-electron chi connectivity index (χ1n) is 5.86. The Hall–Kier alpha value is -1.72. The maximum atomic E-state index is 3.39. The number of anilines is 2. The number of benzene rings is 2. The molecule has 0 heterocycles. The topological polar surface area (TPSA) is 12.0 Å². The van der Waals surface area contributed by atoms with Crippen molar-refractivity contribution in [3.05, 3.63) is 60.2 Å². The second-order valence-electron chi connectivity index (χ2n) is 3.78. The highest BCUT2D eigenvalue weighted by molar-refractivity contribution is 9.09. The number of halogens is 1. The third kappa shape index (κ3) is 3.65. The summed E-state index contributed by atoms with van der Waals surface area (Å²) in [4.78, 5) is 0. The average molecular weight is 300 g/mol. The van der Waals surface area contributed by atoms with E-state index in [1.807, 2.05) is 54.6 Å². The Labute approximate surface area is 116 Å². The van der Waals surface area contributed by atoms with Crippen LogP contribution in [0, 0.1) is 11.8 Å². The van der Waals surface area contributed by atoms with Crippen molar-refractivity contribution in [3.8, 4) is 11.8 Å². The molecule has 2 rings (SSSR count). The number of para-hydroxylation sites is 2. The molecule has 90 valence electrons. The molecule has 0 fully saturated rings. The molecule has 2 aromatic rings. The molecule has 0 saturated heterocycles. The zero-order chi connectivity index (χ0) is 12.6. The Balaban J connectivity index is 2.21. The van der Waals surface area contributed by atoms with Crippen molar-refractivity contribution < 1.29 is 0 Å². The summed E-state index contributed by atoms with van der Waals surface area (Å²) in [6, 6.07) is 18.2. The van der Waals surface area contributed by atoms with Crippen LogP contribution in [0.1, 0.15) is 12.0 Å². The van der Waals surface area contributed by atoms with Gasteiger partial charge in [-0.2, -0.15) is 0 Å². The van der Waals surface area contributed by atoms with Crippen LogP contribution in [0.2, 0.25) is 0 Å². The van der Waals surface area contributed by atoms with Crippen LogP contribution in [0.25, 0.3) is 0 Å². The molecule has 1 nitrogen and oxygen atoms in total. The lowest BCUT2D eigenvalue weighted by atomic mass is 10.1. The number of hydrogen-bond acceptors (Lipinski definition) is 1. The van der Waals surface area contributed by atoms with Crippen LogP contribution < -0.4 is 5.32 Å². The summed E-state index contributed by atoms with van der Waals surface area (Å²) in [5, 5.41) is 4.30. The van der Waals surface area contributed by atoms with E-state index in [2.05, 4.69) is 33.1 Å². The molecule has 0 atom stereocenters. The molecule has 0 spiro atoms. The van der Waals surface area contributed by atoms with Crippen molar-refractivity contribution >= 4 is 27.3 Å². The minimum atomic E-state index is 0.861. The third-order valence-electron chi connectivity index (χ3n) is 2.42. The maximum Gasteiger partial charge on any atom is 0.0543 e. The fourth-order valence-electron chi connectivity index (χ4n) is 1.58. The Bertz CT molecular complexity index is 552. The van der Waals surface area contributed by atoms with E-state index < -0.39 is 0 Å². The van der Waals surface area contributed by atoms with E-state index in [0.717, 1.165) is 28.7 Å². The normalized spacial score (nSPS) is 9.39. The van der Waals surface area contributed by atoms with E-state index in [1.165, 1.54) is 0 Å². The molecule has 0 aliphatic carbocycles. The lowest BCUT2D eigenvalue weighted by molar-refractivity contribution is 1.32. The van der Waals surface area contributed by atoms with E-state index in [1.54, 1.807) is 0 Å². The third-order valence-corrected chi connectivity index (χ3v) is 2.82. The monoisotopic (exact) mass is 299 g/mol. The Morgan fingerprint density at radius 2 is 1.67 bits per heavy atom. The van der Waals surface area contributed by atoms with E-state index in [4.69, 9.17) is 0 Å². The Morgan fingerprint density at radius 3 is 2.44 bits per heavy atom. The Kier molecular flexibility index (Phi) is 4.87. The summed E-state index contributed by atoms with van der Waals surface area (Å²) in [7, 11) is 0. The predicted octanol–water partition coefficient (Wildman–Crippen LogP) is 4.57.